The van der Waals surface area contributed by atoms with E-state index in [4.69, 9.17) is 4.74 Å². The highest BCUT2D eigenvalue weighted by Gasteiger charge is 2.21. The summed E-state index contributed by atoms with van der Waals surface area (Å²) in [5, 5.41) is 3.67. The second-order valence-corrected chi connectivity index (χ2v) is 8.63. The van der Waals surface area contributed by atoms with Gasteiger partial charge in [0.1, 0.15) is 23.3 Å². The van der Waals surface area contributed by atoms with Gasteiger partial charge in [0.2, 0.25) is 5.91 Å². The fourth-order valence-electron chi connectivity index (χ4n) is 3.64. The van der Waals surface area contributed by atoms with E-state index in [-0.39, 0.29) is 18.0 Å². The van der Waals surface area contributed by atoms with E-state index in [1.807, 2.05) is 24.3 Å². The van der Waals surface area contributed by atoms with Crippen LogP contribution in [0.3, 0.4) is 0 Å². The van der Waals surface area contributed by atoms with Crippen LogP contribution in [0.1, 0.15) is 25.3 Å². The van der Waals surface area contributed by atoms with Crippen molar-refractivity contribution in [3.05, 3.63) is 46.5 Å². The van der Waals surface area contributed by atoms with E-state index in [2.05, 4.69) is 27.1 Å². The van der Waals surface area contributed by atoms with Crippen LogP contribution in [0.5, 0.6) is 5.75 Å². The molecule has 1 N–H and O–H groups in total. The van der Waals surface area contributed by atoms with Gasteiger partial charge in [-0.15, -0.1) is 0 Å². The smallest absolute Gasteiger partial charge is 0.273 e. The van der Waals surface area contributed by atoms with E-state index in [0.29, 0.717) is 22.8 Å². The summed E-state index contributed by atoms with van der Waals surface area (Å²) in [6.07, 6.45) is 3.75. The monoisotopic (exact) mass is 427 g/mol. The molecule has 30 heavy (non-hydrogen) atoms. The lowest BCUT2D eigenvalue weighted by Gasteiger charge is -2.30. The van der Waals surface area contributed by atoms with Crippen LogP contribution in [-0.4, -0.2) is 40.6 Å². The minimum absolute atomic E-state index is 0.0836. The normalized spacial score (nSPS) is 16.6. The first-order chi connectivity index (χ1) is 14.5. The Balaban J connectivity index is 1.45. The molecule has 0 aliphatic carbocycles. The van der Waals surface area contributed by atoms with Crippen molar-refractivity contribution in [1.29, 1.82) is 0 Å². The highest BCUT2D eigenvalue weighted by Crippen LogP contribution is 2.29. The van der Waals surface area contributed by atoms with Gasteiger partial charge in [-0.05, 0) is 36.5 Å². The Morgan fingerprint density at radius 1 is 1.40 bits per heavy atom. The summed E-state index contributed by atoms with van der Waals surface area (Å²) in [5.74, 6) is 1.09. The van der Waals surface area contributed by atoms with Gasteiger partial charge < -0.3 is 15.0 Å². The molecule has 9 heteroatoms. The Hall–Kier alpha value is -2.94. The Bertz CT molecular complexity index is 1110. The molecule has 3 heterocycles. The molecule has 1 aliphatic heterocycles. The molecule has 0 spiro atoms. The van der Waals surface area contributed by atoms with Crippen molar-refractivity contribution >= 4 is 32.7 Å². The zero-order valence-corrected chi connectivity index (χ0v) is 17.9. The number of anilines is 1. The van der Waals surface area contributed by atoms with Crippen molar-refractivity contribution in [1.82, 2.24) is 19.9 Å². The number of nitrogens with zero attached hydrogens (tertiary/aromatic N) is 4. The van der Waals surface area contributed by atoms with Crippen molar-refractivity contribution in [2.75, 3.05) is 25.1 Å². The first kappa shape index (κ1) is 20.3. The number of hydrogen-bond acceptors (Lipinski definition) is 7. The number of piperidine rings is 1. The summed E-state index contributed by atoms with van der Waals surface area (Å²) in [6, 6.07) is 7.48. The molecule has 0 bridgehead atoms. The van der Waals surface area contributed by atoms with Gasteiger partial charge >= 0.3 is 0 Å². The van der Waals surface area contributed by atoms with Crippen molar-refractivity contribution in [2.24, 2.45) is 5.92 Å². The van der Waals surface area contributed by atoms with Gasteiger partial charge in [-0.25, -0.2) is 4.98 Å². The Morgan fingerprint density at radius 2 is 2.27 bits per heavy atom. The number of ether oxygens (including phenoxy) is 1. The number of methoxy groups -OCH3 is 1. The molecule has 1 unspecified atom stereocenters. The molecule has 1 fully saturated rings. The van der Waals surface area contributed by atoms with Crippen molar-refractivity contribution in [3.8, 4) is 5.75 Å². The second kappa shape index (κ2) is 8.83. The van der Waals surface area contributed by atoms with Crippen LogP contribution < -0.4 is 20.5 Å². The lowest BCUT2D eigenvalue weighted by Crippen LogP contribution is -2.34. The van der Waals surface area contributed by atoms with Gasteiger partial charge in [0.15, 0.2) is 10.8 Å². The Kier molecular flexibility index (Phi) is 5.98. The molecule has 1 saturated heterocycles. The third-order valence-electron chi connectivity index (χ3n) is 5.24. The molecule has 1 amide bonds. The Labute approximate surface area is 178 Å². The molecule has 8 nitrogen and oxygen atoms in total. The maximum absolute atomic E-state index is 12.9. The number of aromatic nitrogens is 3. The van der Waals surface area contributed by atoms with Crippen LogP contribution in [-0.2, 0) is 17.9 Å². The number of fused-ring (bicyclic) bond motifs is 1. The number of nitrogens with one attached hydrogen (secondary N) is 1. The first-order valence-electron chi connectivity index (χ1n) is 10.0. The molecule has 3 aromatic rings. The van der Waals surface area contributed by atoms with E-state index in [1.54, 1.807) is 7.11 Å². The molecule has 0 saturated carbocycles. The zero-order valence-electron chi connectivity index (χ0n) is 17.1. The van der Waals surface area contributed by atoms with Crippen molar-refractivity contribution in [2.45, 2.75) is 32.9 Å². The maximum atomic E-state index is 12.9. The molecule has 4 rings (SSSR count). The van der Waals surface area contributed by atoms with Gasteiger partial charge in [-0.3, -0.25) is 14.2 Å². The van der Waals surface area contributed by atoms with Gasteiger partial charge in [0.25, 0.3) is 5.56 Å². The van der Waals surface area contributed by atoms with E-state index >= 15 is 0 Å². The average Bonchev–Trinajstić information content (AvgIpc) is 3.20. The van der Waals surface area contributed by atoms with Crippen LogP contribution >= 0.6 is 11.3 Å². The van der Waals surface area contributed by atoms with Crippen LogP contribution in [0, 0.1) is 5.92 Å². The summed E-state index contributed by atoms with van der Waals surface area (Å²) < 4.78 is 7.02. The lowest BCUT2D eigenvalue weighted by molar-refractivity contribution is -0.121. The van der Waals surface area contributed by atoms with Crippen molar-refractivity contribution < 1.29 is 9.53 Å². The van der Waals surface area contributed by atoms with Crippen LogP contribution in [0.2, 0.25) is 0 Å². The molecule has 1 aliphatic rings. The third-order valence-corrected chi connectivity index (χ3v) is 6.33. The number of benzene rings is 1. The topological polar surface area (TPSA) is 89.3 Å². The van der Waals surface area contributed by atoms with Gasteiger partial charge in [0, 0.05) is 19.6 Å². The summed E-state index contributed by atoms with van der Waals surface area (Å²) in [4.78, 5) is 36.3. The van der Waals surface area contributed by atoms with Crippen LogP contribution in [0.25, 0.3) is 10.3 Å². The highest BCUT2D eigenvalue weighted by atomic mass is 32.1. The fourth-order valence-corrected chi connectivity index (χ4v) is 4.64. The molecule has 1 aromatic carbocycles. The molecular weight excluding hydrogens is 402 g/mol. The van der Waals surface area contributed by atoms with E-state index in [1.165, 1.54) is 28.7 Å². The van der Waals surface area contributed by atoms with Gasteiger partial charge in [-0.2, -0.15) is 4.98 Å². The number of thiazole rings is 1. The van der Waals surface area contributed by atoms with E-state index < -0.39 is 0 Å². The standard InChI is InChI=1S/C21H25N5O3S/c1-14-5-4-8-25(11-14)21-24-19-18(30-21)20(28)26(13-23-19)12-17(27)22-10-15-6-3-7-16(9-15)29-2/h3,6-7,9,13-14H,4-5,8,10-12H2,1-2H3,(H,22,27). The number of amides is 1. The number of carbonyl (C=O) groups is 1. The third kappa shape index (κ3) is 4.46. The van der Waals surface area contributed by atoms with Gasteiger partial charge in [-0.1, -0.05) is 30.4 Å². The average molecular weight is 428 g/mol. The number of carbonyl (C=O) groups excluding carboxylic acids is 1. The maximum Gasteiger partial charge on any atom is 0.273 e. The highest BCUT2D eigenvalue weighted by molar-refractivity contribution is 7.22. The summed E-state index contributed by atoms with van der Waals surface area (Å²) >= 11 is 1.36. The molecule has 0 radical (unpaired) electrons. The molecular formula is C21H25N5O3S. The minimum atomic E-state index is -0.254. The largest absolute Gasteiger partial charge is 0.497 e. The summed E-state index contributed by atoms with van der Waals surface area (Å²) in [7, 11) is 1.60. The summed E-state index contributed by atoms with van der Waals surface area (Å²) in [5.41, 5.74) is 1.14. The number of hydrogen-bond donors (Lipinski definition) is 1. The second-order valence-electron chi connectivity index (χ2n) is 7.65. The summed E-state index contributed by atoms with van der Waals surface area (Å²) in [6.45, 7) is 4.40. The van der Waals surface area contributed by atoms with E-state index in [9.17, 15) is 9.59 Å². The van der Waals surface area contributed by atoms with Crippen LogP contribution in [0.15, 0.2) is 35.4 Å². The predicted octanol–water partition coefficient (Wildman–Crippen LogP) is 2.41. The predicted molar refractivity (Wildman–Crippen MR) is 117 cm³/mol. The fraction of sp³-hybridized carbons (Fsp3) is 0.429. The number of rotatable bonds is 6. The van der Waals surface area contributed by atoms with Crippen molar-refractivity contribution in [3.63, 3.8) is 0 Å². The quantitative estimate of drug-likeness (QED) is 0.650. The molecule has 2 aromatic heterocycles. The first-order valence-corrected chi connectivity index (χ1v) is 10.9. The minimum Gasteiger partial charge on any atom is -0.497 e. The molecule has 1 atom stereocenters. The molecule has 158 valence electrons. The van der Waals surface area contributed by atoms with E-state index in [0.717, 1.165) is 36.0 Å². The zero-order chi connectivity index (χ0) is 21.1. The van der Waals surface area contributed by atoms with Crippen LogP contribution in [0.4, 0.5) is 5.13 Å². The lowest BCUT2D eigenvalue weighted by atomic mass is 10.0. The van der Waals surface area contributed by atoms with Gasteiger partial charge in [0.05, 0.1) is 7.11 Å². The Morgan fingerprint density at radius 3 is 3.07 bits per heavy atom. The SMILES string of the molecule is COc1cccc(CNC(=O)Cn2cnc3nc(N4CCCC(C)C4)sc3c2=O)c1.